The first-order valence-corrected chi connectivity index (χ1v) is 9.45. The van der Waals surface area contributed by atoms with Gasteiger partial charge in [-0.3, -0.25) is 9.36 Å². The van der Waals surface area contributed by atoms with Gasteiger partial charge >= 0.3 is 0 Å². The smallest absolute Gasteiger partial charge is 0.267 e. The first-order valence-electron chi connectivity index (χ1n) is 9.08. The molecule has 2 heterocycles. The zero-order valence-corrected chi connectivity index (χ0v) is 16.7. The standard InChI is InChI=1S/C21H19ClN6O/c1-12-11-24-21(23)27-18(12)25-13(2)19-26-16-10-6-9-15(22)17(16)20(29)28(19)14-7-4-3-5-8-14/h3-11,13H,1-2H3,(H3,23,24,25,27). The molecule has 0 amide bonds. The molecule has 2 aromatic carbocycles. The molecule has 0 fully saturated rings. The fourth-order valence-corrected chi connectivity index (χ4v) is 3.45. The molecule has 8 heteroatoms. The summed E-state index contributed by atoms with van der Waals surface area (Å²) < 4.78 is 1.58. The summed E-state index contributed by atoms with van der Waals surface area (Å²) in [5.41, 5.74) is 7.58. The molecular formula is C21H19ClN6O. The second kappa shape index (κ2) is 7.52. The minimum absolute atomic E-state index is 0.170. The predicted octanol–water partition coefficient (Wildman–Crippen LogP) is 3.89. The van der Waals surface area contributed by atoms with Crippen LogP contribution in [0.25, 0.3) is 16.6 Å². The van der Waals surface area contributed by atoms with Crippen molar-refractivity contribution in [1.29, 1.82) is 0 Å². The van der Waals surface area contributed by atoms with Crippen LogP contribution in [0.1, 0.15) is 24.4 Å². The van der Waals surface area contributed by atoms with Crippen LogP contribution in [0.15, 0.2) is 59.5 Å². The molecule has 29 heavy (non-hydrogen) atoms. The molecular weight excluding hydrogens is 388 g/mol. The summed E-state index contributed by atoms with van der Waals surface area (Å²) in [5, 5.41) is 4.05. The molecule has 1 unspecified atom stereocenters. The Hall–Kier alpha value is -3.45. The summed E-state index contributed by atoms with van der Waals surface area (Å²) in [6, 6.07) is 14.3. The number of para-hydroxylation sites is 1. The highest BCUT2D eigenvalue weighted by Gasteiger charge is 2.20. The van der Waals surface area contributed by atoms with Crippen LogP contribution in [0, 0.1) is 6.92 Å². The van der Waals surface area contributed by atoms with E-state index in [1.807, 2.05) is 44.2 Å². The Morgan fingerprint density at radius 1 is 1.10 bits per heavy atom. The molecule has 0 aliphatic rings. The van der Waals surface area contributed by atoms with E-state index in [4.69, 9.17) is 22.3 Å². The summed E-state index contributed by atoms with van der Waals surface area (Å²) in [5.74, 6) is 1.29. The second-order valence-corrected chi connectivity index (χ2v) is 7.11. The van der Waals surface area contributed by atoms with E-state index in [9.17, 15) is 4.79 Å². The number of nitrogens with two attached hydrogens (primary N) is 1. The fraction of sp³-hybridized carbons (Fsp3) is 0.143. The maximum absolute atomic E-state index is 13.4. The van der Waals surface area contributed by atoms with Crippen molar-refractivity contribution < 1.29 is 0 Å². The van der Waals surface area contributed by atoms with E-state index in [1.165, 1.54) is 0 Å². The van der Waals surface area contributed by atoms with Gasteiger partial charge in [-0.1, -0.05) is 35.9 Å². The highest BCUT2D eigenvalue weighted by atomic mass is 35.5. The number of aromatic nitrogens is 4. The molecule has 0 saturated heterocycles. The van der Waals surface area contributed by atoms with Gasteiger partial charge in [0.05, 0.1) is 27.7 Å². The van der Waals surface area contributed by atoms with E-state index >= 15 is 0 Å². The Bertz CT molecular complexity index is 1260. The van der Waals surface area contributed by atoms with Crippen LogP contribution in [0.3, 0.4) is 0 Å². The topological polar surface area (TPSA) is 98.7 Å². The van der Waals surface area contributed by atoms with Gasteiger partial charge in [0, 0.05) is 11.8 Å². The number of fused-ring (bicyclic) bond motifs is 1. The quantitative estimate of drug-likeness (QED) is 0.533. The van der Waals surface area contributed by atoms with E-state index in [0.29, 0.717) is 33.3 Å². The maximum Gasteiger partial charge on any atom is 0.267 e. The highest BCUT2D eigenvalue weighted by molar-refractivity contribution is 6.35. The van der Waals surface area contributed by atoms with Crippen molar-refractivity contribution in [2.75, 3.05) is 11.1 Å². The third-order valence-corrected chi connectivity index (χ3v) is 4.93. The van der Waals surface area contributed by atoms with Gasteiger partial charge in [-0.05, 0) is 38.1 Å². The third-order valence-electron chi connectivity index (χ3n) is 4.62. The van der Waals surface area contributed by atoms with E-state index in [1.54, 1.807) is 29.0 Å². The average Bonchev–Trinajstić information content (AvgIpc) is 2.71. The summed E-state index contributed by atoms with van der Waals surface area (Å²) in [6.07, 6.45) is 1.65. The number of hydrogen-bond donors (Lipinski definition) is 2. The average molecular weight is 407 g/mol. The van der Waals surface area contributed by atoms with Crippen molar-refractivity contribution in [3.8, 4) is 5.69 Å². The minimum atomic E-state index is -0.348. The zero-order chi connectivity index (χ0) is 20.5. The van der Waals surface area contributed by atoms with Gasteiger partial charge in [0.15, 0.2) is 0 Å². The number of nitrogens with one attached hydrogen (secondary N) is 1. The molecule has 4 aromatic rings. The number of aryl methyl sites for hydroxylation is 1. The van der Waals surface area contributed by atoms with Crippen molar-refractivity contribution in [2.45, 2.75) is 19.9 Å². The lowest BCUT2D eigenvalue weighted by atomic mass is 10.2. The number of nitrogens with zero attached hydrogens (tertiary/aromatic N) is 4. The molecule has 0 aliphatic carbocycles. The Morgan fingerprint density at radius 3 is 2.62 bits per heavy atom. The lowest BCUT2D eigenvalue weighted by molar-refractivity contribution is 0.730. The van der Waals surface area contributed by atoms with Crippen LogP contribution >= 0.6 is 11.6 Å². The molecule has 4 rings (SSSR count). The number of anilines is 2. The Kier molecular flexibility index (Phi) is 4.90. The van der Waals surface area contributed by atoms with E-state index < -0.39 is 0 Å². The van der Waals surface area contributed by atoms with E-state index in [-0.39, 0.29) is 17.5 Å². The Balaban J connectivity index is 1.93. The third kappa shape index (κ3) is 3.52. The van der Waals surface area contributed by atoms with Crippen molar-refractivity contribution in [3.05, 3.63) is 81.5 Å². The molecule has 7 nitrogen and oxygen atoms in total. The molecule has 1 atom stereocenters. The summed E-state index contributed by atoms with van der Waals surface area (Å²) in [7, 11) is 0. The first kappa shape index (κ1) is 18.9. The maximum atomic E-state index is 13.4. The van der Waals surface area contributed by atoms with Gasteiger partial charge < -0.3 is 11.1 Å². The molecule has 0 aliphatic heterocycles. The molecule has 2 aromatic heterocycles. The molecule has 0 spiro atoms. The van der Waals surface area contributed by atoms with Crippen LogP contribution in [-0.4, -0.2) is 19.5 Å². The highest BCUT2D eigenvalue weighted by Crippen LogP contribution is 2.25. The fourth-order valence-electron chi connectivity index (χ4n) is 3.20. The SMILES string of the molecule is Cc1cnc(N)nc1NC(C)c1nc2cccc(Cl)c2c(=O)n1-c1ccccc1. The van der Waals surface area contributed by atoms with Gasteiger partial charge in [0.2, 0.25) is 5.95 Å². The second-order valence-electron chi connectivity index (χ2n) is 6.71. The van der Waals surface area contributed by atoms with Crippen LogP contribution < -0.4 is 16.6 Å². The van der Waals surface area contributed by atoms with Gasteiger partial charge in [-0.25, -0.2) is 9.97 Å². The molecule has 0 bridgehead atoms. The van der Waals surface area contributed by atoms with Gasteiger partial charge in [0.1, 0.15) is 11.6 Å². The van der Waals surface area contributed by atoms with Crippen molar-refractivity contribution in [2.24, 2.45) is 0 Å². The van der Waals surface area contributed by atoms with Crippen LogP contribution in [-0.2, 0) is 0 Å². The number of benzene rings is 2. The summed E-state index contributed by atoms with van der Waals surface area (Å²) in [6.45, 7) is 3.79. The molecule has 146 valence electrons. The van der Waals surface area contributed by atoms with E-state index in [0.717, 1.165) is 5.56 Å². The van der Waals surface area contributed by atoms with Gasteiger partial charge in [-0.15, -0.1) is 0 Å². The Labute approximate surface area is 172 Å². The molecule has 0 radical (unpaired) electrons. The van der Waals surface area contributed by atoms with Crippen molar-refractivity contribution in [1.82, 2.24) is 19.5 Å². The van der Waals surface area contributed by atoms with Crippen molar-refractivity contribution >= 4 is 34.3 Å². The van der Waals surface area contributed by atoms with Crippen LogP contribution in [0.2, 0.25) is 5.02 Å². The minimum Gasteiger partial charge on any atom is -0.368 e. The van der Waals surface area contributed by atoms with Crippen molar-refractivity contribution in [3.63, 3.8) is 0 Å². The summed E-state index contributed by atoms with van der Waals surface area (Å²) >= 11 is 6.32. The number of nitrogen functional groups attached to an aromatic ring is 1. The molecule has 3 N–H and O–H groups in total. The van der Waals surface area contributed by atoms with E-state index in [2.05, 4.69) is 15.3 Å². The Morgan fingerprint density at radius 2 is 1.86 bits per heavy atom. The number of hydrogen-bond acceptors (Lipinski definition) is 6. The van der Waals surface area contributed by atoms with Gasteiger partial charge in [0.25, 0.3) is 5.56 Å². The monoisotopic (exact) mass is 406 g/mol. The van der Waals surface area contributed by atoms with Crippen LogP contribution in [0.5, 0.6) is 0 Å². The zero-order valence-electron chi connectivity index (χ0n) is 15.9. The largest absolute Gasteiger partial charge is 0.368 e. The van der Waals surface area contributed by atoms with Crippen LogP contribution in [0.4, 0.5) is 11.8 Å². The lowest BCUT2D eigenvalue weighted by Gasteiger charge is -2.21. The lowest BCUT2D eigenvalue weighted by Crippen LogP contribution is -2.27. The normalized spacial score (nSPS) is 12.1. The number of rotatable bonds is 4. The molecule has 0 saturated carbocycles. The predicted molar refractivity (Wildman–Crippen MR) is 116 cm³/mol. The summed E-state index contributed by atoms with van der Waals surface area (Å²) in [4.78, 5) is 26.4. The first-order chi connectivity index (χ1) is 14.0. The number of halogens is 1. The van der Waals surface area contributed by atoms with Gasteiger partial charge in [-0.2, -0.15) is 4.98 Å².